The molecule has 3 N–H and O–H groups in total. The van der Waals surface area contributed by atoms with E-state index in [-0.39, 0.29) is 0 Å². The van der Waals surface area contributed by atoms with Crippen LogP contribution >= 0.6 is 0 Å². The quantitative estimate of drug-likeness (QED) is 0.648. The third-order valence-electron chi connectivity index (χ3n) is 3.38. The first kappa shape index (κ1) is 15.4. The summed E-state index contributed by atoms with van der Waals surface area (Å²) in [5.41, 5.74) is 5.97. The smallest absolute Gasteiger partial charge is 0.161 e. The molecule has 4 heteroatoms. The molecule has 0 bridgehead atoms. The van der Waals surface area contributed by atoms with Crippen LogP contribution in [0.4, 0.5) is 5.82 Å². The van der Waals surface area contributed by atoms with Crippen LogP contribution in [0.5, 0.6) is 0 Å². The van der Waals surface area contributed by atoms with Crippen molar-refractivity contribution in [3.8, 4) is 11.4 Å². The van der Waals surface area contributed by atoms with Crippen LogP contribution in [0.25, 0.3) is 11.4 Å². The van der Waals surface area contributed by atoms with E-state index < -0.39 is 0 Å². The Morgan fingerprint density at radius 1 is 1.05 bits per heavy atom. The van der Waals surface area contributed by atoms with Gasteiger partial charge in [0.05, 0.1) is 0 Å². The maximum atomic E-state index is 5.52. The van der Waals surface area contributed by atoms with E-state index in [9.17, 15) is 0 Å². The Morgan fingerprint density at radius 2 is 1.71 bits per heavy atom. The van der Waals surface area contributed by atoms with Gasteiger partial charge >= 0.3 is 0 Å². The molecule has 21 heavy (non-hydrogen) atoms. The molecule has 0 aliphatic heterocycles. The van der Waals surface area contributed by atoms with Gasteiger partial charge in [-0.1, -0.05) is 52.0 Å². The summed E-state index contributed by atoms with van der Waals surface area (Å²) in [5, 5.41) is 0. The Hall–Kier alpha value is -1.94. The second-order valence-electron chi connectivity index (χ2n) is 6.09. The van der Waals surface area contributed by atoms with E-state index in [1.807, 2.05) is 6.07 Å². The van der Waals surface area contributed by atoms with Crippen LogP contribution in [0.1, 0.15) is 44.9 Å². The molecule has 0 aliphatic rings. The number of anilines is 1. The zero-order valence-electron chi connectivity index (χ0n) is 13.2. The maximum absolute atomic E-state index is 5.52. The second kappa shape index (κ2) is 6.68. The van der Waals surface area contributed by atoms with Gasteiger partial charge in [0.25, 0.3) is 0 Å². The highest BCUT2D eigenvalue weighted by Crippen LogP contribution is 2.22. The standard InChI is InChI=1S/C17H24N4/c1-11(2)9-15-10-16(21-18)20-17(19-15)14-7-5-13(6-8-14)12(3)4/h5-8,10-12H,9,18H2,1-4H3,(H,19,20,21). The van der Waals surface area contributed by atoms with Crippen LogP contribution in [0.2, 0.25) is 0 Å². The lowest BCUT2D eigenvalue weighted by molar-refractivity contribution is 0.635. The highest BCUT2D eigenvalue weighted by Gasteiger charge is 2.08. The van der Waals surface area contributed by atoms with Crippen molar-refractivity contribution in [2.45, 2.75) is 40.0 Å². The fraction of sp³-hybridized carbons (Fsp3) is 0.412. The first-order chi connectivity index (χ1) is 9.99. The molecule has 0 aliphatic carbocycles. The zero-order valence-corrected chi connectivity index (χ0v) is 13.2. The lowest BCUT2D eigenvalue weighted by Gasteiger charge is -2.10. The minimum absolute atomic E-state index is 0.522. The fourth-order valence-electron chi connectivity index (χ4n) is 2.24. The summed E-state index contributed by atoms with van der Waals surface area (Å²) in [6.07, 6.45) is 0.911. The van der Waals surface area contributed by atoms with Crippen LogP contribution in [0.15, 0.2) is 30.3 Å². The predicted molar refractivity (Wildman–Crippen MR) is 87.9 cm³/mol. The van der Waals surface area contributed by atoms with Crippen LogP contribution in [-0.2, 0) is 6.42 Å². The van der Waals surface area contributed by atoms with Crippen molar-refractivity contribution in [2.24, 2.45) is 11.8 Å². The van der Waals surface area contributed by atoms with Crippen LogP contribution in [-0.4, -0.2) is 9.97 Å². The third kappa shape index (κ3) is 4.02. The van der Waals surface area contributed by atoms with Gasteiger partial charge in [0.15, 0.2) is 5.82 Å². The number of rotatable bonds is 5. The van der Waals surface area contributed by atoms with Crippen molar-refractivity contribution in [1.29, 1.82) is 0 Å². The minimum Gasteiger partial charge on any atom is -0.308 e. The molecule has 1 aromatic carbocycles. The van der Waals surface area contributed by atoms with Crippen molar-refractivity contribution in [2.75, 3.05) is 5.43 Å². The van der Waals surface area contributed by atoms with Gasteiger partial charge in [-0.3, -0.25) is 0 Å². The number of aromatic nitrogens is 2. The van der Waals surface area contributed by atoms with Gasteiger partial charge < -0.3 is 5.43 Å². The SMILES string of the molecule is CC(C)Cc1cc(NN)nc(-c2ccc(C(C)C)cc2)n1. The number of nitrogens with two attached hydrogens (primary N) is 1. The second-order valence-corrected chi connectivity index (χ2v) is 6.09. The molecule has 0 spiro atoms. The van der Waals surface area contributed by atoms with Gasteiger partial charge in [-0.25, -0.2) is 15.8 Å². The van der Waals surface area contributed by atoms with E-state index in [4.69, 9.17) is 5.84 Å². The molecule has 0 fully saturated rings. The topological polar surface area (TPSA) is 63.8 Å². The normalized spacial score (nSPS) is 11.2. The Labute approximate surface area is 126 Å². The monoisotopic (exact) mass is 284 g/mol. The van der Waals surface area contributed by atoms with E-state index >= 15 is 0 Å². The maximum Gasteiger partial charge on any atom is 0.161 e. The third-order valence-corrected chi connectivity index (χ3v) is 3.38. The molecule has 4 nitrogen and oxygen atoms in total. The van der Waals surface area contributed by atoms with E-state index in [1.54, 1.807) is 0 Å². The van der Waals surface area contributed by atoms with Gasteiger partial charge in [-0.2, -0.15) is 0 Å². The van der Waals surface area contributed by atoms with Crippen molar-refractivity contribution in [3.05, 3.63) is 41.6 Å². The predicted octanol–water partition coefficient (Wildman–Crippen LogP) is 3.75. The van der Waals surface area contributed by atoms with Crippen LogP contribution in [0.3, 0.4) is 0 Å². The molecule has 1 aromatic heterocycles. The van der Waals surface area contributed by atoms with Gasteiger partial charge in [-0.15, -0.1) is 0 Å². The van der Waals surface area contributed by atoms with Gasteiger partial charge in [-0.05, 0) is 23.8 Å². The molecule has 2 rings (SSSR count). The van der Waals surface area contributed by atoms with E-state index in [0.29, 0.717) is 17.7 Å². The number of hydrazine groups is 1. The Kier molecular flexibility index (Phi) is 4.91. The molecule has 0 saturated carbocycles. The number of nitrogen functional groups attached to an aromatic ring is 1. The first-order valence-electron chi connectivity index (χ1n) is 7.44. The summed E-state index contributed by atoms with van der Waals surface area (Å²) < 4.78 is 0. The van der Waals surface area contributed by atoms with E-state index in [0.717, 1.165) is 23.5 Å². The molecule has 1 heterocycles. The lowest BCUT2D eigenvalue weighted by atomic mass is 10.0. The minimum atomic E-state index is 0.522. The summed E-state index contributed by atoms with van der Waals surface area (Å²) in [6.45, 7) is 8.72. The molecule has 0 unspecified atom stereocenters. The van der Waals surface area contributed by atoms with Crippen LogP contribution in [0, 0.1) is 5.92 Å². The van der Waals surface area contributed by atoms with E-state index in [1.165, 1.54) is 5.56 Å². The van der Waals surface area contributed by atoms with Crippen molar-refractivity contribution >= 4 is 5.82 Å². The average Bonchev–Trinajstić information content (AvgIpc) is 2.46. The molecule has 112 valence electrons. The molecule has 0 amide bonds. The summed E-state index contributed by atoms with van der Waals surface area (Å²) in [5.74, 6) is 7.96. The van der Waals surface area contributed by atoms with Crippen LogP contribution < -0.4 is 11.3 Å². The Morgan fingerprint density at radius 3 is 2.24 bits per heavy atom. The number of nitrogens with zero attached hydrogens (tertiary/aromatic N) is 2. The van der Waals surface area contributed by atoms with Gasteiger partial charge in [0.1, 0.15) is 5.82 Å². The molecule has 2 aromatic rings. The largest absolute Gasteiger partial charge is 0.308 e. The van der Waals surface area contributed by atoms with Crippen molar-refractivity contribution in [3.63, 3.8) is 0 Å². The number of nitrogens with one attached hydrogen (secondary N) is 1. The molecule has 0 radical (unpaired) electrons. The average molecular weight is 284 g/mol. The number of hydrogen-bond donors (Lipinski definition) is 2. The Balaban J connectivity index is 2.37. The fourth-order valence-corrected chi connectivity index (χ4v) is 2.24. The molecule has 0 atom stereocenters. The van der Waals surface area contributed by atoms with Crippen molar-refractivity contribution in [1.82, 2.24) is 9.97 Å². The summed E-state index contributed by atoms with van der Waals surface area (Å²) in [6, 6.07) is 10.3. The van der Waals surface area contributed by atoms with E-state index in [2.05, 4.69) is 67.4 Å². The summed E-state index contributed by atoms with van der Waals surface area (Å²) in [4.78, 5) is 9.12. The highest BCUT2D eigenvalue weighted by atomic mass is 15.3. The number of hydrogen-bond acceptors (Lipinski definition) is 4. The lowest BCUT2D eigenvalue weighted by Crippen LogP contribution is -2.11. The van der Waals surface area contributed by atoms with Gasteiger partial charge in [0, 0.05) is 17.3 Å². The summed E-state index contributed by atoms with van der Waals surface area (Å²) >= 11 is 0. The molecule has 0 saturated heterocycles. The zero-order chi connectivity index (χ0) is 15.4. The first-order valence-corrected chi connectivity index (χ1v) is 7.44. The number of benzene rings is 1. The summed E-state index contributed by atoms with van der Waals surface area (Å²) in [7, 11) is 0. The molecular weight excluding hydrogens is 260 g/mol. The van der Waals surface area contributed by atoms with Crippen molar-refractivity contribution < 1.29 is 0 Å². The Bertz CT molecular complexity index is 588. The van der Waals surface area contributed by atoms with Gasteiger partial charge in [0.2, 0.25) is 0 Å². The highest BCUT2D eigenvalue weighted by molar-refractivity contribution is 5.58. The molecular formula is C17H24N4.